The van der Waals surface area contributed by atoms with Crippen molar-refractivity contribution in [2.75, 3.05) is 10.7 Å². The Hall–Kier alpha value is -3.13. The molecule has 1 aromatic heterocycles. The Morgan fingerprint density at radius 3 is 2.63 bits per heavy atom. The van der Waals surface area contributed by atoms with E-state index < -0.39 is 6.17 Å². The fourth-order valence-electron chi connectivity index (χ4n) is 4.91. The summed E-state index contributed by atoms with van der Waals surface area (Å²) in [5.41, 5.74) is 2.51. The van der Waals surface area contributed by atoms with Gasteiger partial charge in [-0.1, -0.05) is 37.2 Å². The molecule has 1 aliphatic heterocycles. The summed E-state index contributed by atoms with van der Waals surface area (Å²) >= 11 is 1.53. The van der Waals surface area contributed by atoms with Crippen molar-refractivity contribution < 1.29 is 14.2 Å². The van der Waals surface area contributed by atoms with Crippen LogP contribution in [0, 0.1) is 0 Å². The van der Waals surface area contributed by atoms with Crippen molar-refractivity contribution in [1.29, 1.82) is 0 Å². The van der Waals surface area contributed by atoms with Gasteiger partial charge in [-0.2, -0.15) is 0 Å². The zero-order chi connectivity index (χ0) is 24.4. The molecule has 0 radical (unpaired) electrons. The van der Waals surface area contributed by atoms with Crippen LogP contribution in [0.4, 0.5) is 5.69 Å². The van der Waals surface area contributed by atoms with E-state index >= 15 is 0 Å². The smallest absolute Gasteiger partial charge is 0.325 e. The predicted octanol–water partition coefficient (Wildman–Crippen LogP) is 4.85. The van der Waals surface area contributed by atoms with Crippen LogP contribution in [0.3, 0.4) is 0 Å². The molecular weight excluding hydrogens is 460 g/mol. The van der Waals surface area contributed by atoms with Gasteiger partial charge in [0.2, 0.25) is 11.1 Å². The Morgan fingerprint density at radius 1 is 1.17 bits per heavy atom. The Balaban J connectivity index is 1.60. The maximum atomic E-state index is 13.3. The zero-order valence-corrected chi connectivity index (χ0v) is 21.0. The van der Waals surface area contributed by atoms with Gasteiger partial charge in [0.05, 0.1) is 17.4 Å². The highest BCUT2D eigenvalue weighted by molar-refractivity contribution is 7.99. The lowest BCUT2D eigenvalue weighted by Crippen LogP contribution is -2.60. The molecule has 35 heavy (non-hydrogen) atoms. The summed E-state index contributed by atoms with van der Waals surface area (Å²) in [7, 11) is 0. The van der Waals surface area contributed by atoms with Crippen molar-refractivity contribution in [3.8, 4) is 17.0 Å². The monoisotopic (exact) mass is 491 g/mol. The third-order valence-corrected chi connectivity index (χ3v) is 7.57. The van der Waals surface area contributed by atoms with E-state index in [1.54, 1.807) is 16.5 Å². The number of benzene rings is 2. The molecule has 2 aliphatic rings. The highest BCUT2D eigenvalue weighted by Gasteiger charge is 2.44. The molecule has 1 unspecified atom stereocenters. The molecule has 1 N–H and O–H groups in total. The maximum Gasteiger partial charge on any atom is 0.325 e. The lowest BCUT2D eigenvalue weighted by molar-refractivity contribution is -0.763. The van der Waals surface area contributed by atoms with Crippen molar-refractivity contribution in [3.05, 3.63) is 64.4 Å². The van der Waals surface area contributed by atoms with Gasteiger partial charge >= 0.3 is 11.3 Å². The number of aromatic nitrogens is 3. The SMILES string of the molecule is CCCCSc1n[n+]2c(c(=O)[nH]1)-c1ccccc1N(C(C)=O)C2c1ccc(OC2CCCC2)cc1. The number of carbonyl (C=O) groups is 1. The number of fused-ring (bicyclic) bond motifs is 3. The molecule has 1 atom stereocenters. The van der Waals surface area contributed by atoms with Crippen LogP contribution < -0.4 is 19.9 Å². The first-order valence-corrected chi connectivity index (χ1v) is 13.4. The van der Waals surface area contributed by atoms with Crippen LogP contribution in [0.2, 0.25) is 0 Å². The number of amides is 1. The molecule has 8 heteroatoms. The van der Waals surface area contributed by atoms with Gasteiger partial charge in [0.25, 0.3) is 6.17 Å². The molecule has 182 valence electrons. The number of para-hydroxylation sites is 1. The van der Waals surface area contributed by atoms with Crippen LogP contribution in [0.5, 0.6) is 5.75 Å². The van der Waals surface area contributed by atoms with Gasteiger partial charge < -0.3 is 4.74 Å². The minimum atomic E-state index is -0.578. The molecule has 2 heterocycles. The van der Waals surface area contributed by atoms with Crippen molar-refractivity contribution in [2.24, 2.45) is 0 Å². The largest absolute Gasteiger partial charge is 0.490 e. The Morgan fingerprint density at radius 2 is 1.91 bits per heavy atom. The number of anilines is 1. The Bertz CT molecular complexity index is 1270. The number of thioether (sulfide) groups is 1. The predicted molar refractivity (Wildman–Crippen MR) is 137 cm³/mol. The Kier molecular flexibility index (Phi) is 6.90. The van der Waals surface area contributed by atoms with E-state index in [4.69, 9.17) is 9.84 Å². The van der Waals surface area contributed by atoms with Gasteiger partial charge in [0.15, 0.2) is 0 Å². The summed E-state index contributed by atoms with van der Waals surface area (Å²) in [6, 6.07) is 15.4. The van der Waals surface area contributed by atoms with Crippen molar-refractivity contribution >= 4 is 23.4 Å². The van der Waals surface area contributed by atoms with Crippen LogP contribution in [0.15, 0.2) is 58.5 Å². The molecule has 7 nitrogen and oxygen atoms in total. The normalized spacial score (nSPS) is 17.2. The quantitative estimate of drug-likeness (QED) is 0.290. The molecule has 1 saturated carbocycles. The molecule has 3 aromatic rings. The molecule has 0 saturated heterocycles. The highest BCUT2D eigenvalue weighted by Crippen LogP contribution is 2.37. The number of nitrogens with one attached hydrogen (secondary N) is 1. The van der Waals surface area contributed by atoms with Crippen LogP contribution in [0.1, 0.15) is 64.1 Å². The first kappa shape index (κ1) is 23.6. The van der Waals surface area contributed by atoms with Crippen molar-refractivity contribution in [3.63, 3.8) is 0 Å². The van der Waals surface area contributed by atoms with E-state index in [-0.39, 0.29) is 17.6 Å². The van der Waals surface area contributed by atoms with Gasteiger partial charge in [-0.05, 0) is 73.2 Å². The number of hydrogen-bond acceptors (Lipinski definition) is 5. The molecule has 5 rings (SSSR count). The van der Waals surface area contributed by atoms with Crippen LogP contribution >= 0.6 is 11.8 Å². The highest BCUT2D eigenvalue weighted by atomic mass is 32.2. The minimum Gasteiger partial charge on any atom is -0.490 e. The molecular formula is C27H31N4O3S+. The molecule has 1 fully saturated rings. The number of carbonyl (C=O) groups excluding carboxylic acids is 1. The number of ether oxygens (including phenoxy) is 1. The fourth-order valence-corrected chi connectivity index (χ4v) is 5.85. The first-order valence-electron chi connectivity index (χ1n) is 12.4. The molecule has 0 spiro atoms. The number of hydrogen-bond donors (Lipinski definition) is 1. The maximum absolute atomic E-state index is 13.3. The second kappa shape index (κ2) is 10.2. The van der Waals surface area contributed by atoms with Gasteiger partial charge in [-0.3, -0.25) is 14.6 Å². The van der Waals surface area contributed by atoms with E-state index in [2.05, 4.69) is 11.9 Å². The van der Waals surface area contributed by atoms with E-state index in [0.717, 1.165) is 42.7 Å². The third-order valence-electron chi connectivity index (χ3n) is 6.62. The topological polar surface area (TPSA) is 79.2 Å². The van der Waals surface area contributed by atoms with Crippen LogP contribution in [-0.4, -0.2) is 27.8 Å². The lowest BCUT2D eigenvalue weighted by Gasteiger charge is -2.31. The number of rotatable bonds is 7. The summed E-state index contributed by atoms with van der Waals surface area (Å²) in [4.78, 5) is 31.0. The minimum absolute atomic E-state index is 0.117. The van der Waals surface area contributed by atoms with E-state index in [9.17, 15) is 9.59 Å². The summed E-state index contributed by atoms with van der Waals surface area (Å²) in [5.74, 6) is 1.57. The number of aromatic amines is 1. The number of nitrogens with zero attached hydrogens (tertiary/aromatic N) is 3. The van der Waals surface area contributed by atoms with Gasteiger partial charge in [0.1, 0.15) is 5.75 Å². The fraction of sp³-hybridized carbons (Fsp3) is 0.407. The van der Waals surface area contributed by atoms with Crippen LogP contribution in [0.25, 0.3) is 11.3 Å². The Labute approximate surface area is 209 Å². The van der Waals surface area contributed by atoms with Crippen molar-refractivity contribution in [1.82, 2.24) is 10.1 Å². The number of H-pyrrole nitrogens is 1. The van der Waals surface area contributed by atoms with E-state index in [1.807, 2.05) is 48.5 Å². The summed E-state index contributed by atoms with van der Waals surface area (Å²) < 4.78 is 7.86. The molecule has 2 aromatic carbocycles. The molecule has 1 amide bonds. The average Bonchev–Trinajstić information content (AvgIpc) is 3.36. The van der Waals surface area contributed by atoms with E-state index in [0.29, 0.717) is 22.1 Å². The average molecular weight is 492 g/mol. The summed E-state index contributed by atoms with van der Waals surface area (Å²) in [5, 5.41) is 5.40. The standard InChI is InChI=1S/C27H30N4O3S/c1-3-4-17-35-27-28-25(33)24-22-11-7-8-12-23(22)30(18(2)32)26(31(24)29-27)19-13-15-21(16-14-19)34-20-9-5-6-10-20/h7-8,11-16,20,26H,3-6,9-10,17H2,1-2H3/p+1. The lowest BCUT2D eigenvalue weighted by atomic mass is 10.0. The second-order valence-corrected chi connectivity index (χ2v) is 10.2. The van der Waals surface area contributed by atoms with Crippen LogP contribution in [-0.2, 0) is 4.79 Å². The third kappa shape index (κ3) is 4.72. The van der Waals surface area contributed by atoms with Gasteiger partial charge in [0, 0.05) is 23.3 Å². The van der Waals surface area contributed by atoms with E-state index in [1.165, 1.54) is 24.6 Å². The first-order chi connectivity index (χ1) is 17.1. The van der Waals surface area contributed by atoms with Crippen molar-refractivity contribution in [2.45, 2.75) is 69.8 Å². The van der Waals surface area contributed by atoms with Gasteiger partial charge in [-0.15, -0.1) is 0 Å². The van der Waals surface area contributed by atoms with Gasteiger partial charge in [-0.25, -0.2) is 4.90 Å². The summed E-state index contributed by atoms with van der Waals surface area (Å²) in [6.45, 7) is 3.69. The molecule has 1 aliphatic carbocycles. The number of unbranched alkanes of at least 4 members (excludes halogenated alkanes) is 1. The summed E-state index contributed by atoms with van der Waals surface area (Å²) in [6.07, 6.45) is 6.40. The molecule has 0 bridgehead atoms. The second-order valence-electron chi connectivity index (χ2n) is 9.13. The zero-order valence-electron chi connectivity index (χ0n) is 20.2.